The minimum atomic E-state index is -0.656. The number of nitrogens with one attached hydrogen (secondary N) is 1. The van der Waals surface area contributed by atoms with Gasteiger partial charge in [0, 0.05) is 24.2 Å². The molecule has 0 fully saturated rings. The van der Waals surface area contributed by atoms with Crippen LogP contribution in [-0.4, -0.2) is 18.0 Å². The molecule has 7 nitrogen and oxygen atoms in total. The van der Waals surface area contributed by atoms with Crippen molar-refractivity contribution in [2.24, 2.45) is 0 Å². The van der Waals surface area contributed by atoms with Gasteiger partial charge < -0.3 is 14.5 Å². The first kappa shape index (κ1) is 14.5. The summed E-state index contributed by atoms with van der Waals surface area (Å²) in [5.74, 6) is -1.30. The van der Waals surface area contributed by atoms with Crippen LogP contribution in [0.1, 0.15) is 16.1 Å². The van der Waals surface area contributed by atoms with E-state index in [1.807, 2.05) is 0 Å². The number of benzene rings is 1. The first-order valence-electron chi connectivity index (χ1n) is 5.85. The number of hydrogen-bond acceptors (Lipinski definition) is 6. The molecule has 1 N–H and O–H groups in total. The molecule has 0 saturated carbocycles. The summed E-state index contributed by atoms with van der Waals surface area (Å²) in [5, 5.41) is 13.3. The largest absolute Gasteiger partial charge is 0.463 e. The summed E-state index contributed by atoms with van der Waals surface area (Å²) in [7, 11) is 1.21. The van der Waals surface area contributed by atoms with Crippen molar-refractivity contribution in [1.82, 2.24) is 0 Å². The maximum atomic E-state index is 13.6. The van der Waals surface area contributed by atoms with E-state index in [4.69, 9.17) is 4.42 Å². The third-order valence-electron chi connectivity index (χ3n) is 2.75. The first-order chi connectivity index (χ1) is 10.0. The normalized spacial score (nSPS) is 10.2. The van der Waals surface area contributed by atoms with Gasteiger partial charge in [-0.3, -0.25) is 10.1 Å². The molecule has 0 amide bonds. The highest BCUT2D eigenvalue weighted by Crippen LogP contribution is 2.22. The Hall–Kier alpha value is -2.90. The van der Waals surface area contributed by atoms with Crippen molar-refractivity contribution in [3.8, 4) is 0 Å². The molecule has 0 radical (unpaired) electrons. The highest BCUT2D eigenvalue weighted by molar-refractivity contribution is 5.87. The molecular weight excluding hydrogens is 283 g/mol. The predicted molar refractivity (Wildman–Crippen MR) is 70.4 cm³/mol. The van der Waals surface area contributed by atoms with Gasteiger partial charge in [0.2, 0.25) is 5.76 Å². The Morgan fingerprint density at radius 3 is 2.90 bits per heavy atom. The molecule has 1 heterocycles. The zero-order valence-electron chi connectivity index (χ0n) is 11.0. The van der Waals surface area contributed by atoms with E-state index in [0.29, 0.717) is 5.56 Å². The zero-order valence-corrected chi connectivity index (χ0v) is 11.0. The number of rotatable bonds is 5. The standard InChI is InChI=1S/C13H11FN2O5/c1-20-13(17)12-8(4-5-21-12)7-15-11-6-9(16(18)19)2-3-10(11)14/h2-6,15H,7H2,1H3. The van der Waals surface area contributed by atoms with Crippen LogP contribution in [0, 0.1) is 15.9 Å². The van der Waals surface area contributed by atoms with Gasteiger partial charge in [-0.2, -0.15) is 0 Å². The summed E-state index contributed by atoms with van der Waals surface area (Å²) in [6, 6.07) is 4.66. The fourth-order valence-electron chi connectivity index (χ4n) is 1.70. The van der Waals surface area contributed by atoms with E-state index in [2.05, 4.69) is 10.1 Å². The minimum Gasteiger partial charge on any atom is -0.463 e. The van der Waals surface area contributed by atoms with Crippen LogP contribution >= 0.6 is 0 Å². The van der Waals surface area contributed by atoms with Gasteiger partial charge >= 0.3 is 5.97 Å². The van der Waals surface area contributed by atoms with Gasteiger partial charge in [0.05, 0.1) is 24.0 Å². The lowest BCUT2D eigenvalue weighted by Crippen LogP contribution is -2.07. The Balaban J connectivity index is 2.17. The maximum Gasteiger partial charge on any atom is 0.374 e. The van der Waals surface area contributed by atoms with E-state index >= 15 is 0 Å². The van der Waals surface area contributed by atoms with E-state index in [1.54, 1.807) is 0 Å². The van der Waals surface area contributed by atoms with E-state index in [9.17, 15) is 19.3 Å². The van der Waals surface area contributed by atoms with Crippen molar-refractivity contribution in [2.75, 3.05) is 12.4 Å². The number of methoxy groups -OCH3 is 1. The quantitative estimate of drug-likeness (QED) is 0.517. The van der Waals surface area contributed by atoms with Crippen molar-refractivity contribution in [3.05, 3.63) is 57.8 Å². The molecule has 2 aromatic rings. The summed E-state index contributed by atoms with van der Waals surface area (Å²) in [4.78, 5) is 21.4. The van der Waals surface area contributed by atoms with Crippen LogP contribution in [0.25, 0.3) is 0 Å². The highest BCUT2D eigenvalue weighted by Gasteiger charge is 2.16. The van der Waals surface area contributed by atoms with Crippen molar-refractivity contribution < 1.29 is 23.3 Å². The molecule has 0 unspecified atom stereocenters. The summed E-state index contributed by atoms with van der Waals surface area (Å²) >= 11 is 0. The third-order valence-corrected chi connectivity index (χ3v) is 2.75. The van der Waals surface area contributed by atoms with E-state index in [1.165, 1.54) is 19.4 Å². The number of hydrogen-bond donors (Lipinski definition) is 1. The molecule has 110 valence electrons. The highest BCUT2D eigenvalue weighted by atomic mass is 19.1. The molecule has 0 aliphatic heterocycles. The number of carbonyl (C=O) groups is 1. The second-order valence-corrected chi connectivity index (χ2v) is 4.04. The summed E-state index contributed by atoms with van der Waals surface area (Å²) in [5.41, 5.74) is 0.174. The van der Waals surface area contributed by atoms with Crippen LogP contribution in [-0.2, 0) is 11.3 Å². The topological polar surface area (TPSA) is 94.6 Å². The number of nitrogens with zero attached hydrogens (tertiary/aromatic N) is 1. The molecule has 0 aliphatic carbocycles. The number of nitro groups is 1. The second kappa shape index (κ2) is 6.04. The zero-order chi connectivity index (χ0) is 15.4. The molecule has 1 aromatic carbocycles. The molecule has 0 saturated heterocycles. The number of esters is 1. The lowest BCUT2D eigenvalue weighted by molar-refractivity contribution is -0.384. The maximum absolute atomic E-state index is 13.6. The molecule has 0 spiro atoms. The van der Waals surface area contributed by atoms with Crippen molar-refractivity contribution in [2.45, 2.75) is 6.54 Å². The number of halogens is 1. The Kier molecular flexibility index (Phi) is 4.17. The van der Waals surface area contributed by atoms with Crippen molar-refractivity contribution in [3.63, 3.8) is 0 Å². The lowest BCUT2D eigenvalue weighted by atomic mass is 10.2. The Morgan fingerprint density at radius 2 is 2.24 bits per heavy atom. The minimum absolute atomic E-state index is 0.00385. The number of anilines is 1. The molecule has 0 bridgehead atoms. The number of non-ortho nitro benzene ring substituents is 1. The average Bonchev–Trinajstić information content (AvgIpc) is 2.93. The van der Waals surface area contributed by atoms with Crippen molar-refractivity contribution >= 4 is 17.3 Å². The Morgan fingerprint density at radius 1 is 1.48 bits per heavy atom. The fraction of sp³-hybridized carbons (Fsp3) is 0.154. The average molecular weight is 294 g/mol. The van der Waals surface area contributed by atoms with Gasteiger partial charge in [0.1, 0.15) is 5.82 Å². The van der Waals surface area contributed by atoms with Crippen LogP contribution in [0.2, 0.25) is 0 Å². The first-order valence-corrected chi connectivity index (χ1v) is 5.85. The van der Waals surface area contributed by atoms with Gasteiger partial charge in [-0.15, -0.1) is 0 Å². The molecule has 2 rings (SSSR count). The second-order valence-electron chi connectivity index (χ2n) is 4.04. The molecule has 21 heavy (non-hydrogen) atoms. The molecule has 0 aliphatic rings. The van der Waals surface area contributed by atoms with Crippen LogP contribution in [0.3, 0.4) is 0 Å². The fourth-order valence-corrected chi connectivity index (χ4v) is 1.70. The number of carbonyl (C=O) groups excluding carboxylic acids is 1. The van der Waals surface area contributed by atoms with Gasteiger partial charge in [-0.05, 0) is 12.1 Å². The van der Waals surface area contributed by atoms with Gasteiger partial charge in [-0.25, -0.2) is 9.18 Å². The van der Waals surface area contributed by atoms with E-state index in [-0.39, 0.29) is 23.7 Å². The van der Waals surface area contributed by atoms with E-state index < -0.39 is 16.7 Å². The summed E-state index contributed by atoms with van der Waals surface area (Å²) in [6.45, 7) is 0.0546. The smallest absolute Gasteiger partial charge is 0.374 e. The van der Waals surface area contributed by atoms with Crippen LogP contribution in [0.15, 0.2) is 34.9 Å². The van der Waals surface area contributed by atoms with Crippen LogP contribution < -0.4 is 5.32 Å². The Bertz CT molecular complexity index is 683. The van der Waals surface area contributed by atoms with Gasteiger partial charge in [0.15, 0.2) is 0 Å². The van der Waals surface area contributed by atoms with E-state index in [0.717, 1.165) is 18.2 Å². The SMILES string of the molecule is COC(=O)c1occc1CNc1cc([N+](=O)[O-])ccc1F. The van der Waals surface area contributed by atoms with Gasteiger partial charge in [0.25, 0.3) is 5.69 Å². The number of nitro benzene ring substituents is 1. The van der Waals surface area contributed by atoms with Gasteiger partial charge in [-0.1, -0.05) is 0 Å². The summed E-state index contributed by atoms with van der Waals surface area (Å²) in [6.07, 6.45) is 1.30. The summed E-state index contributed by atoms with van der Waals surface area (Å²) < 4.78 is 23.1. The van der Waals surface area contributed by atoms with Crippen molar-refractivity contribution in [1.29, 1.82) is 0 Å². The predicted octanol–water partition coefficient (Wildman–Crippen LogP) is 2.73. The monoisotopic (exact) mass is 294 g/mol. The number of ether oxygens (including phenoxy) is 1. The van der Waals surface area contributed by atoms with Crippen LogP contribution in [0.5, 0.6) is 0 Å². The molecule has 0 atom stereocenters. The lowest BCUT2D eigenvalue weighted by Gasteiger charge is -2.07. The molecular formula is C13H11FN2O5. The Labute approximate surface area is 118 Å². The molecule has 8 heteroatoms. The van der Waals surface area contributed by atoms with Crippen LogP contribution in [0.4, 0.5) is 15.8 Å². The third kappa shape index (κ3) is 3.16. The molecule has 1 aromatic heterocycles. The number of furan rings is 1.